The number of esters is 1. The molecular formula is C12H12N4O2. The molecule has 2 aromatic rings. The van der Waals surface area contributed by atoms with Gasteiger partial charge in [0.25, 0.3) is 0 Å². The Morgan fingerprint density at radius 1 is 1.61 bits per heavy atom. The molecule has 0 aliphatic heterocycles. The van der Waals surface area contributed by atoms with Crippen LogP contribution in [0, 0.1) is 11.3 Å². The third-order valence-corrected chi connectivity index (χ3v) is 2.68. The van der Waals surface area contributed by atoms with Gasteiger partial charge in [0.15, 0.2) is 11.1 Å². The topological polar surface area (TPSA) is 80.3 Å². The van der Waals surface area contributed by atoms with Gasteiger partial charge in [-0.2, -0.15) is 10.4 Å². The molecule has 2 aromatic heterocycles. The number of carbonyl (C=O) groups is 1. The van der Waals surface area contributed by atoms with E-state index in [2.05, 4.69) is 10.1 Å². The molecule has 92 valence electrons. The quantitative estimate of drug-likeness (QED) is 0.754. The molecule has 1 unspecified atom stereocenters. The number of nitrogens with zero attached hydrogens (tertiary/aromatic N) is 4. The van der Waals surface area contributed by atoms with Crippen LogP contribution in [0.5, 0.6) is 0 Å². The van der Waals surface area contributed by atoms with Crippen LogP contribution in [0.1, 0.15) is 19.5 Å². The molecule has 18 heavy (non-hydrogen) atoms. The zero-order valence-corrected chi connectivity index (χ0v) is 10.1. The fraction of sp³-hybridized carbons (Fsp3) is 0.333. The van der Waals surface area contributed by atoms with E-state index in [1.807, 2.05) is 6.07 Å². The first-order chi connectivity index (χ1) is 8.61. The maximum Gasteiger partial charge on any atom is 0.332 e. The van der Waals surface area contributed by atoms with Gasteiger partial charge in [-0.25, -0.2) is 14.3 Å². The maximum absolute atomic E-state index is 11.9. The first-order valence-corrected chi connectivity index (χ1v) is 5.51. The highest BCUT2D eigenvalue weighted by molar-refractivity contribution is 5.85. The van der Waals surface area contributed by atoms with Crippen molar-refractivity contribution < 1.29 is 9.53 Å². The third-order valence-electron chi connectivity index (χ3n) is 2.68. The molecule has 6 nitrogen and oxygen atoms in total. The van der Waals surface area contributed by atoms with E-state index < -0.39 is 11.4 Å². The normalized spacial score (nSPS) is 13.8. The number of hydrogen-bond donors (Lipinski definition) is 0. The Morgan fingerprint density at radius 2 is 2.39 bits per heavy atom. The molecule has 2 rings (SSSR count). The van der Waals surface area contributed by atoms with Gasteiger partial charge in [-0.05, 0) is 19.9 Å². The van der Waals surface area contributed by atoms with E-state index in [-0.39, 0.29) is 6.61 Å². The van der Waals surface area contributed by atoms with E-state index in [1.54, 1.807) is 36.0 Å². The van der Waals surface area contributed by atoms with E-state index in [9.17, 15) is 10.1 Å². The van der Waals surface area contributed by atoms with Gasteiger partial charge in [-0.15, -0.1) is 0 Å². The Balaban J connectivity index is 2.49. The van der Waals surface area contributed by atoms with Crippen molar-refractivity contribution in [1.29, 1.82) is 5.26 Å². The number of ether oxygens (including phenoxy) is 1. The molecule has 0 aliphatic carbocycles. The van der Waals surface area contributed by atoms with Gasteiger partial charge in [0, 0.05) is 12.3 Å². The van der Waals surface area contributed by atoms with E-state index >= 15 is 0 Å². The molecule has 0 spiro atoms. The summed E-state index contributed by atoms with van der Waals surface area (Å²) in [6, 6.07) is 5.27. The van der Waals surface area contributed by atoms with Gasteiger partial charge in [0.1, 0.15) is 0 Å². The Bertz CT molecular complexity index is 628. The monoisotopic (exact) mass is 244 g/mol. The van der Waals surface area contributed by atoms with Crippen LogP contribution < -0.4 is 0 Å². The van der Waals surface area contributed by atoms with Gasteiger partial charge in [-0.3, -0.25) is 0 Å². The molecule has 0 aliphatic rings. The summed E-state index contributed by atoms with van der Waals surface area (Å²) in [4.78, 5) is 16.1. The van der Waals surface area contributed by atoms with Crippen LogP contribution in [0.2, 0.25) is 0 Å². The number of nitriles is 1. The fourth-order valence-corrected chi connectivity index (χ4v) is 1.57. The largest absolute Gasteiger partial charge is 0.465 e. The van der Waals surface area contributed by atoms with Crippen molar-refractivity contribution in [3.63, 3.8) is 0 Å². The van der Waals surface area contributed by atoms with Crippen molar-refractivity contribution in [3.05, 3.63) is 30.2 Å². The molecule has 2 heterocycles. The minimum atomic E-state index is -1.40. The molecule has 1 atom stereocenters. The van der Waals surface area contributed by atoms with Crippen molar-refractivity contribution >= 4 is 11.6 Å². The minimum Gasteiger partial charge on any atom is -0.465 e. The molecule has 6 heteroatoms. The summed E-state index contributed by atoms with van der Waals surface area (Å²) >= 11 is 0. The zero-order valence-electron chi connectivity index (χ0n) is 10.1. The number of carbonyl (C=O) groups excluding carboxylic acids is 1. The summed E-state index contributed by atoms with van der Waals surface area (Å²) in [6.45, 7) is 3.43. The lowest BCUT2D eigenvalue weighted by Crippen LogP contribution is -2.34. The van der Waals surface area contributed by atoms with Crippen LogP contribution in [0.3, 0.4) is 0 Å². The van der Waals surface area contributed by atoms with Crippen molar-refractivity contribution in [2.45, 2.75) is 19.3 Å². The van der Waals surface area contributed by atoms with Crippen LogP contribution in [-0.4, -0.2) is 27.2 Å². The third kappa shape index (κ3) is 1.80. The fourth-order valence-electron chi connectivity index (χ4n) is 1.57. The minimum absolute atomic E-state index is 0.227. The standard InChI is InChI=1S/C12H12N4O2/c1-3-18-11(17)12(2,8-13)9-5-7-16-10(15-9)4-6-14-16/h4-7H,3H2,1-2H3. The Morgan fingerprint density at radius 3 is 3.06 bits per heavy atom. The number of aromatic nitrogens is 3. The molecule has 0 fully saturated rings. The van der Waals surface area contributed by atoms with Gasteiger partial charge in [0.05, 0.1) is 24.6 Å². The van der Waals surface area contributed by atoms with E-state index in [1.165, 1.54) is 6.92 Å². The second kappa shape index (κ2) is 4.45. The SMILES string of the molecule is CCOC(=O)C(C)(C#N)c1ccn2nccc2n1. The molecule has 0 radical (unpaired) electrons. The van der Waals surface area contributed by atoms with Gasteiger partial charge < -0.3 is 4.74 Å². The second-order valence-electron chi connectivity index (χ2n) is 3.90. The van der Waals surface area contributed by atoms with Crippen molar-refractivity contribution in [1.82, 2.24) is 14.6 Å². The van der Waals surface area contributed by atoms with Crippen LogP contribution in [0.4, 0.5) is 0 Å². The van der Waals surface area contributed by atoms with Crippen LogP contribution in [0.25, 0.3) is 5.65 Å². The lowest BCUT2D eigenvalue weighted by Gasteiger charge is -2.18. The maximum atomic E-state index is 11.9. The van der Waals surface area contributed by atoms with Crippen molar-refractivity contribution in [2.24, 2.45) is 0 Å². The van der Waals surface area contributed by atoms with Crippen LogP contribution >= 0.6 is 0 Å². The van der Waals surface area contributed by atoms with Gasteiger partial charge >= 0.3 is 5.97 Å². The van der Waals surface area contributed by atoms with E-state index in [4.69, 9.17) is 4.74 Å². The van der Waals surface area contributed by atoms with Crippen molar-refractivity contribution in [3.8, 4) is 6.07 Å². The van der Waals surface area contributed by atoms with E-state index in [0.29, 0.717) is 11.3 Å². The van der Waals surface area contributed by atoms with E-state index in [0.717, 1.165) is 0 Å². The molecule has 0 N–H and O–H groups in total. The molecular weight excluding hydrogens is 232 g/mol. The predicted octanol–water partition coefficient (Wildman–Crippen LogP) is 1.07. The summed E-state index contributed by atoms with van der Waals surface area (Å²) in [5.41, 5.74) is -0.461. The highest BCUT2D eigenvalue weighted by Gasteiger charge is 2.38. The average Bonchev–Trinajstić information content (AvgIpc) is 2.85. The Kier molecular flexibility index (Phi) is 2.98. The molecule has 0 bridgehead atoms. The number of rotatable bonds is 3. The second-order valence-corrected chi connectivity index (χ2v) is 3.90. The predicted molar refractivity (Wildman–Crippen MR) is 62.6 cm³/mol. The Hall–Kier alpha value is -2.42. The first-order valence-electron chi connectivity index (χ1n) is 5.51. The van der Waals surface area contributed by atoms with Gasteiger partial charge in [0.2, 0.25) is 0 Å². The summed E-state index contributed by atoms with van der Waals surface area (Å²) in [5.74, 6) is -0.594. The number of fused-ring (bicyclic) bond motifs is 1. The zero-order chi connectivity index (χ0) is 13.2. The lowest BCUT2D eigenvalue weighted by atomic mass is 9.88. The highest BCUT2D eigenvalue weighted by Crippen LogP contribution is 2.23. The molecule has 0 saturated heterocycles. The van der Waals surface area contributed by atoms with Crippen LogP contribution in [-0.2, 0) is 14.9 Å². The van der Waals surface area contributed by atoms with Crippen molar-refractivity contribution in [2.75, 3.05) is 6.61 Å². The Labute approximate surface area is 104 Å². The smallest absolute Gasteiger partial charge is 0.332 e. The lowest BCUT2D eigenvalue weighted by molar-refractivity contribution is -0.147. The summed E-state index contributed by atoms with van der Waals surface area (Å²) in [6.07, 6.45) is 3.26. The highest BCUT2D eigenvalue weighted by atomic mass is 16.5. The molecule has 0 amide bonds. The summed E-state index contributed by atoms with van der Waals surface area (Å²) in [5, 5.41) is 13.2. The van der Waals surface area contributed by atoms with Gasteiger partial charge in [-0.1, -0.05) is 0 Å². The number of hydrogen-bond acceptors (Lipinski definition) is 5. The summed E-state index contributed by atoms with van der Waals surface area (Å²) in [7, 11) is 0. The first kappa shape index (κ1) is 12.0. The summed E-state index contributed by atoms with van der Waals surface area (Å²) < 4.78 is 6.48. The molecule has 0 saturated carbocycles. The molecule has 0 aromatic carbocycles. The van der Waals surface area contributed by atoms with Crippen LogP contribution in [0.15, 0.2) is 24.5 Å². The average molecular weight is 244 g/mol.